The summed E-state index contributed by atoms with van der Waals surface area (Å²) in [5.74, 6) is -0.157. The number of nitrogens with zero attached hydrogens (tertiary/aromatic N) is 3. The van der Waals surface area contributed by atoms with Gasteiger partial charge >= 0.3 is 0 Å². The maximum Gasteiger partial charge on any atom is 0.265 e. The molecular weight excluding hydrogens is 316 g/mol. The van der Waals surface area contributed by atoms with Crippen LogP contribution in [-0.4, -0.2) is 70.0 Å². The van der Waals surface area contributed by atoms with Gasteiger partial charge in [-0.05, 0) is 30.8 Å². The third kappa shape index (κ3) is 3.71. The molecule has 1 aromatic heterocycles. The Labute approximate surface area is 140 Å². The lowest BCUT2D eigenvalue weighted by atomic mass is 10.1. The molecule has 2 N–H and O–H groups in total. The van der Waals surface area contributed by atoms with Crippen LogP contribution >= 0.6 is 11.5 Å². The summed E-state index contributed by atoms with van der Waals surface area (Å²) in [5.41, 5.74) is 0.757. The van der Waals surface area contributed by atoms with Gasteiger partial charge in [-0.1, -0.05) is 17.8 Å². The molecule has 2 aliphatic rings. The predicted octanol–water partition coefficient (Wildman–Crippen LogP) is 0.444. The van der Waals surface area contributed by atoms with Gasteiger partial charge in [0, 0.05) is 19.1 Å². The normalized spacial score (nSPS) is 28.9. The van der Waals surface area contributed by atoms with Crippen molar-refractivity contribution in [3.63, 3.8) is 0 Å². The van der Waals surface area contributed by atoms with Gasteiger partial charge in [0.2, 0.25) is 0 Å². The monoisotopic (exact) mass is 340 g/mol. The zero-order valence-electron chi connectivity index (χ0n) is 13.4. The summed E-state index contributed by atoms with van der Waals surface area (Å²) < 4.78 is 9.26. The Hall–Kier alpha value is -1.09. The van der Waals surface area contributed by atoms with Crippen molar-refractivity contribution in [2.75, 3.05) is 26.3 Å². The second kappa shape index (κ2) is 7.65. The number of aromatic nitrogens is 2. The number of aliphatic hydroxyl groups excluding tert-OH is 1. The lowest BCUT2D eigenvalue weighted by molar-refractivity contribution is -0.0154. The summed E-state index contributed by atoms with van der Waals surface area (Å²) in [5, 5.41) is 17.6. The first-order valence-electron chi connectivity index (χ1n) is 8.32. The zero-order valence-corrected chi connectivity index (χ0v) is 14.2. The van der Waals surface area contributed by atoms with Crippen LogP contribution in [0.15, 0.2) is 0 Å². The van der Waals surface area contributed by atoms with Crippen molar-refractivity contribution in [3.05, 3.63) is 10.6 Å². The van der Waals surface area contributed by atoms with Crippen LogP contribution in [0.2, 0.25) is 0 Å². The number of hydrogen-bond acceptors (Lipinski definition) is 7. The molecule has 0 bridgehead atoms. The van der Waals surface area contributed by atoms with Crippen LogP contribution in [0.1, 0.15) is 41.6 Å². The molecule has 8 heteroatoms. The number of carbonyl (C=O) groups excluding carboxylic acids is 1. The Balaban J connectivity index is 1.59. The first-order chi connectivity index (χ1) is 11.2. The SMILES string of the molecule is CCCc1nnsc1C(=O)N[C@@H]1CC[C@@H](N2CCOCC2)[C@@H]1O. The van der Waals surface area contributed by atoms with Crippen LogP contribution in [0.4, 0.5) is 0 Å². The highest BCUT2D eigenvalue weighted by molar-refractivity contribution is 7.08. The molecule has 1 saturated carbocycles. The predicted molar refractivity (Wildman–Crippen MR) is 86.6 cm³/mol. The highest BCUT2D eigenvalue weighted by atomic mass is 32.1. The molecule has 2 fully saturated rings. The summed E-state index contributed by atoms with van der Waals surface area (Å²) in [6.45, 7) is 5.18. The van der Waals surface area contributed by atoms with E-state index in [2.05, 4.69) is 26.7 Å². The second-order valence-electron chi connectivity index (χ2n) is 6.16. The van der Waals surface area contributed by atoms with Gasteiger partial charge in [0.15, 0.2) is 0 Å². The molecule has 1 aromatic rings. The first-order valence-corrected chi connectivity index (χ1v) is 9.10. The van der Waals surface area contributed by atoms with Crippen molar-refractivity contribution in [3.8, 4) is 0 Å². The van der Waals surface area contributed by atoms with E-state index < -0.39 is 6.10 Å². The van der Waals surface area contributed by atoms with Gasteiger partial charge in [-0.2, -0.15) is 0 Å². The Morgan fingerprint density at radius 2 is 2.22 bits per heavy atom. The van der Waals surface area contributed by atoms with E-state index in [0.717, 1.165) is 56.0 Å². The van der Waals surface area contributed by atoms with Gasteiger partial charge in [-0.3, -0.25) is 9.69 Å². The van der Waals surface area contributed by atoms with E-state index in [1.54, 1.807) is 0 Å². The van der Waals surface area contributed by atoms with Crippen molar-refractivity contribution in [2.45, 2.75) is 50.8 Å². The van der Waals surface area contributed by atoms with Gasteiger partial charge in [-0.15, -0.1) is 5.10 Å². The van der Waals surface area contributed by atoms with Crippen LogP contribution in [0.25, 0.3) is 0 Å². The smallest absolute Gasteiger partial charge is 0.265 e. The summed E-state index contributed by atoms with van der Waals surface area (Å²) >= 11 is 1.13. The minimum absolute atomic E-state index is 0.110. The maximum absolute atomic E-state index is 12.5. The molecule has 2 heterocycles. The molecule has 7 nitrogen and oxygen atoms in total. The molecule has 0 radical (unpaired) electrons. The number of morpholine rings is 1. The summed E-state index contributed by atoms with van der Waals surface area (Å²) in [6, 6.07) is -0.0918. The van der Waals surface area contributed by atoms with E-state index in [0.29, 0.717) is 18.1 Å². The molecule has 0 unspecified atom stereocenters. The highest BCUT2D eigenvalue weighted by Crippen LogP contribution is 2.26. The molecule has 1 aliphatic carbocycles. The molecule has 1 aliphatic heterocycles. The number of carbonyl (C=O) groups is 1. The minimum Gasteiger partial charge on any atom is -0.389 e. The van der Waals surface area contributed by atoms with Crippen molar-refractivity contribution in [1.29, 1.82) is 0 Å². The van der Waals surface area contributed by atoms with Crippen molar-refractivity contribution < 1.29 is 14.6 Å². The van der Waals surface area contributed by atoms with Gasteiger partial charge in [0.25, 0.3) is 5.91 Å². The molecule has 1 amide bonds. The zero-order chi connectivity index (χ0) is 16.2. The molecule has 3 rings (SSSR count). The number of nitrogens with one attached hydrogen (secondary N) is 1. The lowest BCUT2D eigenvalue weighted by Gasteiger charge is -2.34. The van der Waals surface area contributed by atoms with Gasteiger partial charge in [0.1, 0.15) is 4.88 Å². The standard InChI is InChI=1S/C15H24N4O3S/c1-2-3-11-14(23-18-17-11)15(21)16-10-4-5-12(13(10)20)19-6-8-22-9-7-19/h10,12-13,20H,2-9H2,1H3,(H,16,21)/t10-,12-,13-/m1/s1. The fourth-order valence-corrected chi connectivity index (χ4v) is 4.05. The van der Waals surface area contributed by atoms with Crippen LogP contribution < -0.4 is 5.32 Å². The van der Waals surface area contributed by atoms with E-state index in [4.69, 9.17) is 4.74 Å². The fourth-order valence-electron chi connectivity index (χ4n) is 3.44. The topological polar surface area (TPSA) is 87.6 Å². The number of rotatable bonds is 5. The average Bonchev–Trinajstić information content (AvgIpc) is 3.16. The Morgan fingerprint density at radius 3 is 2.96 bits per heavy atom. The minimum atomic E-state index is -0.535. The third-order valence-electron chi connectivity index (χ3n) is 4.66. The molecule has 23 heavy (non-hydrogen) atoms. The van der Waals surface area contributed by atoms with Crippen molar-refractivity contribution in [1.82, 2.24) is 19.8 Å². The van der Waals surface area contributed by atoms with Crippen LogP contribution in [0.5, 0.6) is 0 Å². The summed E-state index contributed by atoms with van der Waals surface area (Å²) in [4.78, 5) is 15.3. The molecule has 0 aromatic carbocycles. The van der Waals surface area contributed by atoms with Crippen molar-refractivity contribution in [2.24, 2.45) is 0 Å². The van der Waals surface area contributed by atoms with Gasteiger partial charge in [0.05, 0.1) is 31.1 Å². The van der Waals surface area contributed by atoms with Gasteiger partial charge < -0.3 is 15.2 Å². The van der Waals surface area contributed by atoms with Crippen LogP contribution in [0, 0.1) is 0 Å². The Kier molecular flexibility index (Phi) is 5.58. The number of amides is 1. The average molecular weight is 340 g/mol. The van der Waals surface area contributed by atoms with Crippen LogP contribution in [-0.2, 0) is 11.2 Å². The Bertz CT molecular complexity index is 533. The molecular formula is C15H24N4O3S. The molecule has 1 saturated heterocycles. The Morgan fingerprint density at radius 1 is 1.43 bits per heavy atom. The molecule has 128 valence electrons. The number of hydrogen-bond donors (Lipinski definition) is 2. The second-order valence-corrected chi connectivity index (χ2v) is 6.92. The van der Waals surface area contributed by atoms with E-state index in [-0.39, 0.29) is 18.0 Å². The van der Waals surface area contributed by atoms with E-state index >= 15 is 0 Å². The number of ether oxygens (including phenoxy) is 1. The van der Waals surface area contributed by atoms with Gasteiger partial charge in [-0.25, -0.2) is 0 Å². The number of aryl methyl sites for hydroxylation is 1. The van der Waals surface area contributed by atoms with Crippen molar-refractivity contribution >= 4 is 17.4 Å². The quantitative estimate of drug-likeness (QED) is 0.809. The van der Waals surface area contributed by atoms with E-state index in [1.807, 2.05) is 0 Å². The largest absolute Gasteiger partial charge is 0.389 e. The lowest BCUT2D eigenvalue weighted by Crippen LogP contribution is -2.51. The van der Waals surface area contributed by atoms with E-state index in [1.165, 1.54) is 0 Å². The highest BCUT2D eigenvalue weighted by Gasteiger charge is 2.39. The van der Waals surface area contributed by atoms with E-state index in [9.17, 15) is 9.90 Å². The molecule has 3 atom stereocenters. The summed E-state index contributed by atoms with van der Waals surface area (Å²) in [6.07, 6.45) is 2.84. The molecule has 0 spiro atoms. The maximum atomic E-state index is 12.5. The fraction of sp³-hybridized carbons (Fsp3) is 0.800. The van der Waals surface area contributed by atoms with Crippen LogP contribution in [0.3, 0.4) is 0 Å². The number of aliphatic hydroxyl groups is 1. The first kappa shape index (κ1) is 16.8. The third-order valence-corrected chi connectivity index (χ3v) is 5.43. The summed E-state index contributed by atoms with van der Waals surface area (Å²) in [7, 11) is 0.